The minimum atomic E-state index is -3.14. The molecule has 0 aromatic heterocycles. The van der Waals surface area contributed by atoms with Crippen LogP contribution in [0.25, 0.3) is 0 Å². The highest BCUT2D eigenvalue weighted by molar-refractivity contribution is 5.88. The molecule has 0 radical (unpaired) electrons. The number of piperidine rings is 1. The van der Waals surface area contributed by atoms with Crippen LogP contribution in [0.1, 0.15) is 45.4 Å². The largest absolute Gasteiger partial charge is 0.350 e. The number of carbonyl (C=O) groups is 2. The second-order valence-electron chi connectivity index (χ2n) is 7.91. The number of rotatable bonds is 5. The first-order chi connectivity index (χ1) is 13.2. The highest BCUT2D eigenvalue weighted by Crippen LogP contribution is 2.35. The zero-order valence-corrected chi connectivity index (χ0v) is 15.9. The van der Waals surface area contributed by atoms with Crippen LogP contribution in [0.2, 0.25) is 0 Å². The summed E-state index contributed by atoms with van der Waals surface area (Å²) in [6, 6.07) is -0.0260. The molecule has 10 heteroatoms. The Balaban J connectivity index is 1.58. The molecule has 2 saturated heterocycles. The smallest absolute Gasteiger partial charge is 0.318 e. The predicted molar refractivity (Wildman–Crippen MR) is 93.3 cm³/mol. The van der Waals surface area contributed by atoms with Crippen LogP contribution in [-0.2, 0) is 14.3 Å². The molecule has 0 aromatic carbocycles. The van der Waals surface area contributed by atoms with Gasteiger partial charge in [0, 0.05) is 32.4 Å². The van der Waals surface area contributed by atoms with Gasteiger partial charge in [-0.3, -0.25) is 4.79 Å². The van der Waals surface area contributed by atoms with Crippen molar-refractivity contribution in [2.45, 2.75) is 68.7 Å². The lowest BCUT2D eigenvalue weighted by atomic mass is 10.0. The molecule has 2 N–H and O–H groups in total. The Morgan fingerprint density at radius 3 is 2.32 bits per heavy atom. The van der Waals surface area contributed by atoms with Gasteiger partial charge in [-0.05, 0) is 26.2 Å². The average Bonchev–Trinajstić information content (AvgIpc) is 3.41. The second-order valence-corrected chi connectivity index (χ2v) is 7.91. The van der Waals surface area contributed by atoms with E-state index in [-0.39, 0.29) is 0 Å². The summed E-state index contributed by atoms with van der Waals surface area (Å²) in [6.45, 7) is 2.59. The molecule has 3 rings (SSSR count). The Kier molecular flexibility index (Phi) is 5.77. The lowest BCUT2D eigenvalue weighted by Crippen LogP contribution is -2.57. The summed E-state index contributed by atoms with van der Waals surface area (Å²) in [5.74, 6) is -4.58. The SMILES string of the molecule is CC(F)(F)CC(NC(=O)N1CCC2(CC1)OCCCO2)C(=O)NC1(C#N)CC1. The molecule has 3 amide bonds. The van der Waals surface area contributed by atoms with Gasteiger partial charge in [0.25, 0.3) is 0 Å². The van der Waals surface area contributed by atoms with Crippen LogP contribution in [0.5, 0.6) is 0 Å². The maximum absolute atomic E-state index is 13.6. The van der Waals surface area contributed by atoms with Gasteiger partial charge in [0.15, 0.2) is 5.79 Å². The van der Waals surface area contributed by atoms with Gasteiger partial charge in [0.1, 0.15) is 11.6 Å². The molecular formula is C18H26F2N4O4. The molecule has 1 saturated carbocycles. The van der Waals surface area contributed by atoms with E-state index >= 15 is 0 Å². The number of nitriles is 1. The number of carbonyl (C=O) groups excluding carboxylic acids is 2. The Hall–Kier alpha value is -1.99. The Bertz CT molecular complexity index is 641. The number of nitrogens with one attached hydrogen (secondary N) is 2. The molecule has 0 bridgehead atoms. The van der Waals surface area contributed by atoms with Gasteiger partial charge in [-0.1, -0.05) is 0 Å². The molecule has 1 unspecified atom stereocenters. The van der Waals surface area contributed by atoms with Crippen molar-refractivity contribution in [3.8, 4) is 6.07 Å². The third kappa shape index (κ3) is 5.08. The molecule has 28 heavy (non-hydrogen) atoms. The molecule has 1 spiro atoms. The minimum absolute atomic E-state index is 0.338. The molecule has 8 nitrogen and oxygen atoms in total. The molecular weight excluding hydrogens is 374 g/mol. The lowest BCUT2D eigenvalue weighted by Gasteiger charge is -2.43. The van der Waals surface area contributed by atoms with Crippen LogP contribution in [0, 0.1) is 11.3 Å². The summed E-state index contributed by atoms with van der Waals surface area (Å²) >= 11 is 0. The van der Waals surface area contributed by atoms with Crippen molar-refractivity contribution in [1.29, 1.82) is 5.26 Å². The maximum atomic E-state index is 13.6. The Labute approximate surface area is 162 Å². The van der Waals surface area contributed by atoms with E-state index < -0.39 is 41.6 Å². The van der Waals surface area contributed by atoms with E-state index in [0.29, 0.717) is 58.9 Å². The van der Waals surface area contributed by atoms with Crippen molar-refractivity contribution < 1.29 is 27.8 Å². The highest BCUT2D eigenvalue weighted by Gasteiger charge is 2.47. The van der Waals surface area contributed by atoms with Gasteiger partial charge in [-0.25, -0.2) is 13.6 Å². The van der Waals surface area contributed by atoms with Crippen LogP contribution < -0.4 is 10.6 Å². The molecule has 2 aliphatic heterocycles. The number of amides is 3. The summed E-state index contributed by atoms with van der Waals surface area (Å²) in [5.41, 5.74) is -0.990. The number of hydrogen-bond acceptors (Lipinski definition) is 5. The molecule has 1 atom stereocenters. The van der Waals surface area contributed by atoms with E-state index in [2.05, 4.69) is 10.6 Å². The average molecular weight is 400 g/mol. The van der Waals surface area contributed by atoms with Crippen molar-refractivity contribution in [3.05, 3.63) is 0 Å². The highest BCUT2D eigenvalue weighted by atomic mass is 19.3. The standard InChI is InChI=1S/C18H26F2N4O4/c1-16(19,20)11-13(14(25)23-17(12-21)3-4-17)22-15(26)24-7-5-18(6-8-24)27-9-2-10-28-18/h13H,2-11H2,1H3,(H,22,26)(H,23,25). The van der Waals surface area contributed by atoms with Crippen molar-refractivity contribution in [2.75, 3.05) is 26.3 Å². The quantitative estimate of drug-likeness (QED) is 0.728. The van der Waals surface area contributed by atoms with Gasteiger partial charge in [0.05, 0.1) is 19.3 Å². The van der Waals surface area contributed by atoms with Crippen LogP contribution in [0.4, 0.5) is 13.6 Å². The zero-order chi connectivity index (χ0) is 20.4. The van der Waals surface area contributed by atoms with E-state index in [0.717, 1.165) is 6.42 Å². The number of nitrogens with zero attached hydrogens (tertiary/aromatic N) is 2. The molecule has 0 aromatic rings. The zero-order valence-electron chi connectivity index (χ0n) is 15.9. The fourth-order valence-corrected chi connectivity index (χ4v) is 3.48. The first kappa shape index (κ1) is 20.7. The van der Waals surface area contributed by atoms with Crippen LogP contribution in [0.3, 0.4) is 0 Å². The van der Waals surface area contributed by atoms with Crippen LogP contribution >= 0.6 is 0 Å². The number of hydrogen-bond donors (Lipinski definition) is 2. The first-order valence-electron chi connectivity index (χ1n) is 9.60. The number of alkyl halides is 2. The van der Waals surface area contributed by atoms with Crippen molar-refractivity contribution in [3.63, 3.8) is 0 Å². The minimum Gasteiger partial charge on any atom is -0.350 e. The van der Waals surface area contributed by atoms with Gasteiger partial charge < -0.3 is 25.0 Å². The fourth-order valence-electron chi connectivity index (χ4n) is 3.48. The van der Waals surface area contributed by atoms with Gasteiger partial charge in [0.2, 0.25) is 11.8 Å². The number of likely N-dealkylation sites (tertiary alicyclic amines) is 1. The van der Waals surface area contributed by atoms with Crippen LogP contribution in [-0.4, -0.2) is 66.4 Å². The normalized spacial score (nSPS) is 24.1. The van der Waals surface area contributed by atoms with Crippen molar-refractivity contribution >= 4 is 11.9 Å². The lowest BCUT2D eigenvalue weighted by molar-refractivity contribution is -0.281. The molecule has 2 heterocycles. The van der Waals surface area contributed by atoms with E-state index in [4.69, 9.17) is 14.7 Å². The fraction of sp³-hybridized carbons (Fsp3) is 0.833. The Morgan fingerprint density at radius 1 is 1.21 bits per heavy atom. The Morgan fingerprint density at radius 2 is 1.82 bits per heavy atom. The monoisotopic (exact) mass is 400 g/mol. The first-order valence-corrected chi connectivity index (χ1v) is 9.60. The van der Waals surface area contributed by atoms with Crippen molar-refractivity contribution in [2.24, 2.45) is 0 Å². The summed E-state index contributed by atoms with van der Waals surface area (Å²) in [7, 11) is 0. The van der Waals surface area contributed by atoms with E-state index in [9.17, 15) is 18.4 Å². The number of urea groups is 1. The number of ether oxygens (including phenoxy) is 2. The van der Waals surface area contributed by atoms with Gasteiger partial charge in [-0.2, -0.15) is 5.26 Å². The van der Waals surface area contributed by atoms with Gasteiger partial charge in [-0.15, -0.1) is 0 Å². The van der Waals surface area contributed by atoms with Crippen LogP contribution in [0.15, 0.2) is 0 Å². The molecule has 3 aliphatic rings. The van der Waals surface area contributed by atoms with Crippen molar-refractivity contribution in [1.82, 2.24) is 15.5 Å². The van der Waals surface area contributed by atoms with E-state index in [1.165, 1.54) is 4.90 Å². The topological polar surface area (TPSA) is 104 Å². The second kappa shape index (κ2) is 7.79. The third-order valence-corrected chi connectivity index (χ3v) is 5.33. The summed E-state index contributed by atoms with van der Waals surface area (Å²) < 4.78 is 38.5. The van der Waals surface area contributed by atoms with E-state index in [1.807, 2.05) is 6.07 Å². The van der Waals surface area contributed by atoms with E-state index in [1.54, 1.807) is 0 Å². The molecule has 3 fully saturated rings. The summed E-state index contributed by atoms with van der Waals surface area (Å²) in [4.78, 5) is 26.5. The summed E-state index contributed by atoms with van der Waals surface area (Å²) in [5, 5.41) is 14.0. The number of halogens is 2. The molecule has 156 valence electrons. The van der Waals surface area contributed by atoms with Gasteiger partial charge >= 0.3 is 6.03 Å². The molecule has 1 aliphatic carbocycles. The summed E-state index contributed by atoms with van der Waals surface area (Å²) in [6.07, 6.45) is 1.92. The predicted octanol–water partition coefficient (Wildman–Crippen LogP) is 1.51. The third-order valence-electron chi connectivity index (χ3n) is 5.33. The maximum Gasteiger partial charge on any atom is 0.318 e.